The van der Waals surface area contributed by atoms with Crippen LogP contribution < -0.4 is 10.3 Å². The number of aryl methyl sites for hydroxylation is 1. The van der Waals surface area contributed by atoms with Crippen LogP contribution in [0.1, 0.15) is 42.0 Å². The maximum atomic E-state index is 12.6. The van der Waals surface area contributed by atoms with Crippen LogP contribution in [0.4, 0.5) is 8.78 Å². The van der Waals surface area contributed by atoms with Crippen molar-refractivity contribution in [2.45, 2.75) is 37.8 Å². The lowest BCUT2D eigenvalue weighted by Gasteiger charge is -2.33. The average Bonchev–Trinajstić information content (AvgIpc) is 3.31. The van der Waals surface area contributed by atoms with Gasteiger partial charge in [-0.15, -0.1) is 0 Å². The molecule has 31 heavy (non-hydrogen) atoms. The van der Waals surface area contributed by atoms with E-state index in [-0.39, 0.29) is 23.8 Å². The largest absolute Gasteiger partial charge is 0.435 e. The van der Waals surface area contributed by atoms with Crippen LogP contribution in [-0.2, 0) is 13.6 Å². The van der Waals surface area contributed by atoms with E-state index in [0.29, 0.717) is 28.8 Å². The average molecular weight is 428 g/mol. The highest BCUT2D eigenvalue weighted by Crippen LogP contribution is 2.46. The number of rotatable bonds is 6. The van der Waals surface area contributed by atoms with Crippen molar-refractivity contribution >= 4 is 11.2 Å². The maximum absolute atomic E-state index is 12.6. The standard InChI is InChI=1S/C20H18F2N6O3/c1-27-9-23-18-16(27)19(29)28(10-24-18)8-15-25-17(26-31-15)13-6-12(7-13)11-2-4-14(5-3-11)30-20(21)22/h2-5,9-10,12-13,20H,6-8H2,1H3. The Kier molecular flexibility index (Phi) is 4.72. The minimum absolute atomic E-state index is 0.127. The number of halogens is 2. The lowest BCUT2D eigenvalue weighted by Crippen LogP contribution is -2.23. The first-order chi connectivity index (χ1) is 15.0. The number of nitrogens with zero attached hydrogens (tertiary/aromatic N) is 6. The molecule has 11 heteroatoms. The van der Waals surface area contributed by atoms with Gasteiger partial charge in [0, 0.05) is 13.0 Å². The van der Waals surface area contributed by atoms with Crippen LogP contribution in [0.15, 0.2) is 46.2 Å². The Labute approximate surface area is 174 Å². The zero-order valence-electron chi connectivity index (χ0n) is 16.5. The van der Waals surface area contributed by atoms with Gasteiger partial charge in [0.2, 0.25) is 5.89 Å². The monoisotopic (exact) mass is 428 g/mol. The second-order valence-corrected chi connectivity index (χ2v) is 7.56. The third-order valence-corrected chi connectivity index (χ3v) is 5.57. The van der Waals surface area contributed by atoms with Gasteiger partial charge in [-0.05, 0) is 36.5 Å². The molecule has 0 N–H and O–H groups in total. The van der Waals surface area contributed by atoms with E-state index in [4.69, 9.17) is 4.52 Å². The highest BCUT2D eigenvalue weighted by Gasteiger charge is 2.34. The van der Waals surface area contributed by atoms with E-state index in [9.17, 15) is 13.6 Å². The fourth-order valence-electron chi connectivity index (χ4n) is 3.85. The highest BCUT2D eigenvalue weighted by molar-refractivity contribution is 5.68. The van der Waals surface area contributed by atoms with Gasteiger partial charge in [-0.1, -0.05) is 17.3 Å². The number of ether oxygens (including phenoxy) is 1. The minimum atomic E-state index is -2.83. The molecule has 1 fully saturated rings. The quantitative estimate of drug-likeness (QED) is 0.465. The molecule has 0 unspecified atom stereocenters. The second kappa shape index (κ2) is 7.56. The van der Waals surface area contributed by atoms with E-state index in [1.54, 1.807) is 42.2 Å². The van der Waals surface area contributed by atoms with E-state index in [0.717, 1.165) is 18.4 Å². The smallest absolute Gasteiger partial charge is 0.387 e. The van der Waals surface area contributed by atoms with E-state index < -0.39 is 6.61 Å². The van der Waals surface area contributed by atoms with E-state index in [1.807, 2.05) is 0 Å². The first kappa shape index (κ1) is 19.3. The summed E-state index contributed by atoms with van der Waals surface area (Å²) in [5, 5.41) is 4.07. The van der Waals surface area contributed by atoms with Gasteiger partial charge in [0.25, 0.3) is 5.56 Å². The second-order valence-electron chi connectivity index (χ2n) is 7.56. The van der Waals surface area contributed by atoms with Crippen LogP contribution in [0.3, 0.4) is 0 Å². The van der Waals surface area contributed by atoms with Crippen LogP contribution in [0.5, 0.6) is 5.75 Å². The number of imidazole rings is 1. The van der Waals surface area contributed by atoms with E-state index in [1.165, 1.54) is 10.9 Å². The first-order valence-electron chi connectivity index (χ1n) is 9.71. The molecule has 9 nitrogen and oxygen atoms in total. The van der Waals surface area contributed by atoms with Gasteiger partial charge in [0.15, 0.2) is 17.0 Å². The minimum Gasteiger partial charge on any atom is -0.435 e. The van der Waals surface area contributed by atoms with Crippen LogP contribution in [0.25, 0.3) is 11.2 Å². The summed E-state index contributed by atoms with van der Waals surface area (Å²) in [7, 11) is 1.74. The molecule has 160 valence electrons. The summed E-state index contributed by atoms with van der Waals surface area (Å²) in [5.41, 5.74) is 1.63. The molecule has 1 aliphatic rings. The van der Waals surface area contributed by atoms with Crippen LogP contribution in [-0.4, -0.2) is 35.9 Å². The Bertz CT molecular complexity index is 1270. The van der Waals surface area contributed by atoms with Crippen molar-refractivity contribution in [2.75, 3.05) is 0 Å². The van der Waals surface area contributed by atoms with E-state index >= 15 is 0 Å². The zero-order valence-corrected chi connectivity index (χ0v) is 16.5. The summed E-state index contributed by atoms with van der Waals surface area (Å²) in [6, 6.07) is 6.70. The van der Waals surface area contributed by atoms with Crippen molar-refractivity contribution in [3.63, 3.8) is 0 Å². The van der Waals surface area contributed by atoms with Crippen molar-refractivity contribution < 1.29 is 18.0 Å². The molecule has 5 rings (SSSR count). The highest BCUT2D eigenvalue weighted by atomic mass is 19.3. The summed E-state index contributed by atoms with van der Waals surface area (Å²) in [5.74, 6) is 1.52. The Morgan fingerprint density at radius 1 is 1.16 bits per heavy atom. The number of alkyl halides is 2. The molecule has 0 atom stereocenters. The van der Waals surface area contributed by atoms with E-state index in [2.05, 4.69) is 24.8 Å². The Balaban J connectivity index is 1.24. The third-order valence-electron chi connectivity index (χ3n) is 5.57. The molecule has 4 aromatic rings. The predicted molar refractivity (Wildman–Crippen MR) is 104 cm³/mol. The molecule has 0 spiro atoms. The summed E-state index contributed by atoms with van der Waals surface area (Å²) in [6.45, 7) is -2.70. The third kappa shape index (κ3) is 3.66. The van der Waals surface area contributed by atoms with Crippen molar-refractivity contribution in [1.82, 2.24) is 29.2 Å². The number of benzene rings is 1. The van der Waals surface area contributed by atoms with Crippen LogP contribution in [0, 0.1) is 0 Å². The van der Waals surface area contributed by atoms with Crippen LogP contribution >= 0.6 is 0 Å². The molecule has 0 saturated heterocycles. The number of fused-ring (bicyclic) bond motifs is 1. The molecule has 0 amide bonds. The fraction of sp³-hybridized carbons (Fsp3) is 0.350. The van der Waals surface area contributed by atoms with Crippen molar-refractivity contribution in [1.29, 1.82) is 0 Å². The summed E-state index contributed by atoms with van der Waals surface area (Å²) in [4.78, 5) is 25.3. The molecule has 0 bridgehead atoms. The summed E-state index contributed by atoms with van der Waals surface area (Å²) in [6.07, 6.45) is 4.62. The van der Waals surface area contributed by atoms with Crippen molar-refractivity contribution in [3.8, 4) is 5.75 Å². The molecule has 3 heterocycles. The van der Waals surface area contributed by atoms with Gasteiger partial charge in [-0.2, -0.15) is 13.8 Å². The lowest BCUT2D eigenvalue weighted by atomic mass is 9.71. The Morgan fingerprint density at radius 2 is 1.90 bits per heavy atom. The van der Waals surface area contributed by atoms with Gasteiger partial charge in [-0.25, -0.2) is 9.97 Å². The molecule has 0 radical (unpaired) electrons. The van der Waals surface area contributed by atoms with Gasteiger partial charge in [-0.3, -0.25) is 9.36 Å². The van der Waals surface area contributed by atoms with Gasteiger partial charge in [0.1, 0.15) is 18.6 Å². The fourth-order valence-corrected chi connectivity index (χ4v) is 3.85. The van der Waals surface area contributed by atoms with Gasteiger partial charge < -0.3 is 13.8 Å². The van der Waals surface area contributed by atoms with Crippen molar-refractivity contribution in [2.24, 2.45) is 7.05 Å². The molecule has 1 aliphatic carbocycles. The number of hydrogen-bond acceptors (Lipinski definition) is 7. The SMILES string of the molecule is Cn1cnc2ncn(Cc3nc(C4CC(c5ccc(OC(F)F)cc5)C4)no3)c(=O)c21. The Hall–Kier alpha value is -3.63. The molecule has 3 aromatic heterocycles. The Morgan fingerprint density at radius 3 is 2.65 bits per heavy atom. The zero-order chi connectivity index (χ0) is 21.5. The normalized spacial score (nSPS) is 18.5. The first-order valence-corrected chi connectivity index (χ1v) is 9.71. The van der Waals surface area contributed by atoms with Gasteiger partial charge >= 0.3 is 6.61 Å². The van der Waals surface area contributed by atoms with Crippen LogP contribution in [0.2, 0.25) is 0 Å². The lowest BCUT2D eigenvalue weighted by molar-refractivity contribution is -0.0498. The van der Waals surface area contributed by atoms with Crippen molar-refractivity contribution in [3.05, 3.63) is 64.6 Å². The molecular formula is C20H18F2N6O3. The molecular weight excluding hydrogens is 410 g/mol. The number of aromatic nitrogens is 6. The topological polar surface area (TPSA) is 101 Å². The summed E-state index contributed by atoms with van der Waals surface area (Å²) >= 11 is 0. The molecule has 0 aliphatic heterocycles. The number of hydrogen-bond donors (Lipinski definition) is 0. The van der Waals surface area contributed by atoms with Gasteiger partial charge in [0.05, 0.1) is 6.33 Å². The predicted octanol–water partition coefficient (Wildman–Crippen LogP) is 2.82. The molecule has 1 saturated carbocycles. The maximum Gasteiger partial charge on any atom is 0.387 e. The molecule has 1 aromatic carbocycles. The summed E-state index contributed by atoms with van der Waals surface area (Å²) < 4.78 is 37.3.